The van der Waals surface area contributed by atoms with E-state index in [9.17, 15) is 9.90 Å². The van der Waals surface area contributed by atoms with Crippen LogP contribution >= 0.6 is 0 Å². The zero-order chi connectivity index (χ0) is 14.0. The van der Waals surface area contributed by atoms with Gasteiger partial charge in [0.2, 0.25) is 0 Å². The van der Waals surface area contributed by atoms with Crippen LogP contribution in [0.1, 0.15) is 30.6 Å². The lowest BCUT2D eigenvalue weighted by Gasteiger charge is -2.33. The SMILES string of the molecule is CC(C)(O)CCN1CCOc2c(C(=O)O)cccc21. The molecule has 5 heteroatoms. The van der Waals surface area contributed by atoms with Gasteiger partial charge in [0.25, 0.3) is 0 Å². The molecule has 0 bridgehead atoms. The number of para-hydroxylation sites is 1. The number of anilines is 1. The zero-order valence-corrected chi connectivity index (χ0v) is 11.2. The number of carboxylic acids is 1. The Morgan fingerprint density at radius 1 is 1.47 bits per heavy atom. The molecule has 0 unspecified atom stereocenters. The molecule has 0 fully saturated rings. The van der Waals surface area contributed by atoms with E-state index in [2.05, 4.69) is 4.90 Å². The van der Waals surface area contributed by atoms with E-state index >= 15 is 0 Å². The van der Waals surface area contributed by atoms with Gasteiger partial charge < -0.3 is 19.8 Å². The van der Waals surface area contributed by atoms with E-state index in [0.29, 0.717) is 31.9 Å². The van der Waals surface area contributed by atoms with Crippen molar-refractivity contribution in [1.29, 1.82) is 0 Å². The van der Waals surface area contributed by atoms with Crippen LogP contribution in [-0.2, 0) is 0 Å². The highest BCUT2D eigenvalue weighted by Gasteiger charge is 2.24. The number of hydrogen-bond acceptors (Lipinski definition) is 4. The average Bonchev–Trinajstić information content (AvgIpc) is 2.34. The number of benzene rings is 1. The smallest absolute Gasteiger partial charge is 0.339 e. The highest BCUT2D eigenvalue weighted by atomic mass is 16.5. The van der Waals surface area contributed by atoms with Gasteiger partial charge in [0.15, 0.2) is 5.75 Å². The summed E-state index contributed by atoms with van der Waals surface area (Å²) < 4.78 is 5.49. The molecule has 1 heterocycles. The predicted octanol–water partition coefficient (Wildman–Crippen LogP) is 1.74. The van der Waals surface area contributed by atoms with Crippen molar-refractivity contribution < 1.29 is 19.7 Å². The summed E-state index contributed by atoms with van der Waals surface area (Å²) in [6.07, 6.45) is 0.615. The van der Waals surface area contributed by atoms with Crippen molar-refractivity contribution >= 4 is 11.7 Å². The Morgan fingerprint density at radius 2 is 2.21 bits per heavy atom. The highest BCUT2D eigenvalue weighted by Crippen LogP contribution is 2.35. The molecule has 0 saturated heterocycles. The molecule has 5 nitrogen and oxygen atoms in total. The largest absolute Gasteiger partial charge is 0.489 e. The van der Waals surface area contributed by atoms with Gasteiger partial charge in [-0.1, -0.05) is 6.07 Å². The van der Waals surface area contributed by atoms with Crippen molar-refractivity contribution in [2.75, 3.05) is 24.6 Å². The van der Waals surface area contributed by atoms with Gasteiger partial charge in [-0.25, -0.2) is 4.79 Å². The molecule has 1 aromatic carbocycles. The number of ether oxygens (including phenoxy) is 1. The van der Waals surface area contributed by atoms with Gasteiger partial charge in [-0.05, 0) is 32.4 Å². The van der Waals surface area contributed by atoms with Gasteiger partial charge in [0.1, 0.15) is 12.2 Å². The summed E-state index contributed by atoms with van der Waals surface area (Å²) in [5.74, 6) is -0.557. The molecule has 2 rings (SSSR count). The topological polar surface area (TPSA) is 70.0 Å². The number of rotatable bonds is 4. The Hall–Kier alpha value is -1.75. The first kappa shape index (κ1) is 13.7. The van der Waals surface area contributed by atoms with E-state index in [1.807, 2.05) is 6.07 Å². The predicted molar refractivity (Wildman–Crippen MR) is 72.0 cm³/mol. The molecule has 1 aromatic rings. The van der Waals surface area contributed by atoms with Crippen LogP contribution in [0.2, 0.25) is 0 Å². The molecule has 0 radical (unpaired) electrons. The molecule has 0 saturated carbocycles. The zero-order valence-electron chi connectivity index (χ0n) is 11.2. The normalized spacial score (nSPS) is 14.8. The molecule has 0 aliphatic carbocycles. The summed E-state index contributed by atoms with van der Waals surface area (Å²) >= 11 is 0. The first-order valence-electron chi connectivity index (χ1n) is 6.35. The Balaban J connectivity index is 2.25. The van der Waals surface area contributed by atoms with Gasteiger partial charge in [-0.15, -0.1) is 0 Å². The van der Waals surface area contributed by atoms with E-state index in [0.717, 1.165) is 5.69 Å². The minimum Gasteiger partial charge on any atom is -0.489 e. The van der Waals surface area contributed by atoms with Crippen LogP contribution in [0.5, 0.6) is 5.75 Å². The molecule has 0 atom stereocenters. The van der Waals surface area contributed by atoms with Crippen molar-refractivity contribution in [1.82, 2.24) is 0 Å². The lowest BCUT2D eigenvalue weighted by molar-refractivity contribution is 0.0685. The van der Waals surface area contributed by atoms with Crippen molar-refractivity contribution in [2.24, 2.45) is 0 Å². The number of fused-ring (bicyclic) bond motifs is 1. The maximum atomic E-state index is 11.2. The van der Waals surface area contributed by atoms with Gasteiger partial charge in [-0.3, -0.25) is 0 Å². The van der Waals surface area contributed by atoms with Crippen molar-refractivity contribution in [3.8, 4) is 5.75 Å². The summed E-state index contributed by atoms with van der Waals surface area (Å²) in [5, 5.41) is 18.9. The van der Waals surface area contributed by atoms with Crippen LogP contribution in [0.15, 0.2) is 18.2 Å². The van der Waals surface area contributed by atoms with E-state index in [4.69, 9.17) is 9.84 Å². The monoisotopic (exact) mass is 265 g/mol. The highest BCUT2D eigenvalue weighted by molar-refractivity contribution is 5.93. The van der Waals surface area contributed by atoms with Crippen molar-refractivity contribution in [2.45, 2.75) is 25.9 Å². The number of aliphatic hydroxyl groups is 1. The Labute approximate surface area is 112 Å². The molecule has 0 amide bonds. The fourth-order valence-corrected chi connectivity index (χ4v) is 2.11. The van der Waals surface area contributed by atoms with Crippen molar-refractivity contribution in [3.05, 3.63) is 23.8 Å². The second-order valence-corrected chi connectivity index (χ2v) is 5.36. The van der Waals surface area contributed by atoms with Gasteiger partial charge >= 0.3 is 5.97 Å². The third-order valence-electron chi connectivity index (χ3n) is 3.17. The van der Waals surface area contributed by atoms with E-state index in [1.165, 1.54) is 0 Å². The van der Waals surface area contributed by atoms with Crippen LogP contribution < -0.4 is 9.64 Å². The number of aromatic carboxylic acids is 1. The Kier molecular flexibility index (Phi) is 3.66. The van der Waals surface area contributed by atoms with E-state index < -0.39 is 11.6 Å². The fourth-order valence-electron chi connectivity index (χ4n) is 2.11. The van der Waals surface area contributed by atoms with Crippen LogP contribution in [0, 0.1) is 0 Å². The first-order chi connectivity index (χ1) is 8.88. The summed E-state index contributed by atoms with van der Waals surface area (Å²) in [5.41, 5.74) is 0.240. The number of nitrogens with zero attached hydrogens (tertiary/aromatic N) is 1. The fraction of sp³-hybridized carbons (Fsp3) is 0.500. The van der Waals surface area contributed by atoms with Crippen LogP contribution in [-0.4, -0.2) is 41.5 Å². The minimum atomic E-state index is -0.985. The summed E-state index contributed by atoms with van der Waals surface area (Å²) in [7, 11) is 0. The minimum absolute atomic E-state index is 0.186. The van der Waals surface area contributed by atoms with E-state index in [-0.39, 0.29) is 5.56 Å². The second-order valence-electron chi connectivity index (χ2n) is 5.36. The molecule has 104 valence electrons. The molecular weight excluding hydrogens is 246 g/mol. The summed E-state index contributed by atoms with van der Waals surface area (Å²) in [6, 6.07) is 5.11. The third kappa shape index (κ3) is 3.17. The molecule has 2 N–H and O–H groups in total. The lowest BCUT2D eigenvalue weighted by Crippen LogP contribution is -2.37. The van der Waals surface area contributed by atoms with Gasteiger partial charge in [0, 0.05) is 6.54 Å². The van der Waals surface area contributed by atoms with Crippen LogP contribution in [0.4, 0.5) is 5.69 Å². The molecule has 1 aliphatic heterocycles. The molecule has 1 aliphatic rings. The first-order valence-corrected chi connectivity index (χ1v) is 6.35. The van der Waals surface area contributed by atoms with E-state index in [1.54, 1.807) is 26.0 Å². The Morgan fingerprint density at radius 3 is 2.84 bits per heavy atom. The number of hydrogen-bond donors (Lipinski definition) is 2. The maximum absolute atomic E-state index is 11.2. The van der Waals surface area contributed by atoms with Crippen LogP contribution in [0.25, 0.3) is 0 Å². The molecule has 0 spiro atoms. The third-order valence-corrected chi connectivity index (χ3v) is 3.17. The summed E-state index contributed by atoms with van der Waals surface area (Å²) in [6.45, 7) is 5.36. The maximum Gasteiger partial charge on any atom is 0.339 e. The van der Waals surface area contributed by atoms with Crippen molar-refractivity contribution in [3.63, 3.8) is 0 Å². The lowest BCUT2D eigenvalue weighted by atomic mass is 10.0. The Bertz CT molecular complexity index is 479. The average molecular weight is 265 g/mol. The van der Waals surface area contributed by atoms with Gasteiger partial charge in [-0.2, -0.15) is 0 Å². The molecule has 0 aromatic heterocycles. The quantitative estimate of drug-likeness (QED) is 0.868. The molecular formula is C14H19NO4. The number of carboxylic acid groups (broad SMARTS) is 1. The summed E-state index contributed by atoms with van der Waals surface area (Å²) in [4.78, 5) is 13.2. The van der Waals surface area contributed by atoms with Crippen LogP contribution in [0.3, 0.4) is 0 Å². The molecule has 19 heavy (non-hydrogen) atoms. The second kappa shape index (κ2) is 5.09. The number of carbonyl (C=O) groups is 1. The van der Waals surface area contributed by atoms with Gasteiger partial charge in [0.05, 0.1) is 17.8 Å². The standard InChI is InChI=1S/C14H19NO4/c1-14(2,18)6-7-15-8-9-19-12-10(13(16)17)4-3-5-11(12)15/h3-5,18H,6-9H2,1-2H3,(H,16,17).